The molecular weight excluding hydrogens is 244 g/mol. The second kappa shape index (κ2) is 8.91. The average molecular weight is 270 g/mol. The van der Waals surface area contributed by atoms with Crippen molar-refractivity contribution in [3.8, 4) is 0 Å². The molecule has 2 amide bonds. The van der Waals surface area contributed by atoms with Gasteiger partial charge in [-0.1, -0.05) is 19.8 Å². The van der Waals surface area contributed by atoms with Crippen molar-refractivity contribution in [1.82, 2.24) is 10.8 Å². The minimum atomic E-state index is -0.408. The molecule has 0 heterocycles. The van der Waals surface area contributed by atoms with Gasteiger partial charge >= 0.3 is 0 Å². The summed E-state index contributed by atoms with van der Waals surface area (Å²) in [5.41, 5.74) is 1.58. The van der Waals surface area contributed by atoms with E-state index in [0.717, 1.165) is 18.8 Å². The van der Waals surface area contributed by atoms with E-state index in [9.17, 15) is 9.59 Å². The normalized spacial score (nSPS) is 22.8. The van der Waals surface area contributed by atoms with E-state index in [2.05, 4.69) is 12.2 Å². The first-order chi connectivity index (χ1) is 9.17. The number of carbonyl (C=O) groups excluding carboxylic acids is 2. The largest absolute Gasteiger partial charge is 0.356 e. The number of nitrogens with one attached hydrogen (secondary N) is 2. The molecule has 3 N–H and O–H groups in total. The molecule has 0 unspecified atom stereocenters. The van der Waals surface area contributed by atoms with Crippen LogP contribution in [0.25, 0.3) is 0 Å². The molecule has 19 heavy (non-hydrogen) atoms. The van der Waals surface area contributed by atoms with Crippen LogP contribution in [0.15, 0.2) is 0 Å². The van der Waals surface area contributed by atoms with Crippen LogP contribution in [0, 0.1) is 11.8 Å². The Morgan fingerprint density at radius 3 is 2.47 bits per heavy atom. The molecule has 1 saturated carbocycles. The molecule has 0 saturated heterocycles. The molecule has 0 aliphatic heterocycles. The molecule has 1 aliphatic carbocycles. The van der Waals surface area contributed by atoms with Crippen LogP contribution in [0.5, 0.6) is 0 Å². The van der Waals surface area contributed by atoms with Crippen molar-refractivity contribution in [3.05, 3.63) is 0 Å². The first-order valence-corrected chi connectivity index (χ1v) is 7.38. The lowest BCUT2D eigenvalue weighted by Gasteiger charge is -2.27. The molecule has 0 spiro atoms. The van der Waals surface area contributed by atoms with Crippen molar-refractivity contribution >= 4 is 11.8 Å². The molecule has 0 bridgehead atoms. The van der Waals surface area contributed by atoms with Crippen LogP contribution in [0.1, 0.15) is 58.3 Å². The van der Waals surface area contributed by atoms with Crippen molar-refractivity contribution in [2.75, 3.05) is 6.54 Å². The van der Waals surface area contributed by atoms with Gasteiger partial charge in [0.25, 0.3) is 0 Å². The zero-order valence-corrected chi connectivity index (χ0v) is 11.8. The number of hydrogen-bond donors (Lipinski definition) is 3. The summed E-state index contributed by atoms with van der Waals surface area (Å²) < 4.78 is 0. The number of hydroxylamine groups is 1. The molecule has 0 radical (unpaired) electrons. The first-order valence-electron chi connectivity index (χ1n) is 7.38. The Bertz CT molecular complexity index is 286. The molecule has 110 valence electrons. The van der Waals surface area contributed by atoms with Gasteiger partial charge in [0.05, 0.1) is 0 Å². The Morgan fingerprint density at radius 2 is 1.89 bits per heavy atom. The summed E-state index contributed by atoms with van der Waals surface area (Å²) in [6, 6.07) is 0. The van der Waals surface area contributed by atoms with E-state index in [0.29, 0.717) is 13.0 Å². The van der Waals surface area contributed by atoms with Crippen LogP contribution in [-0.4, -0.2) is 23.6 Å². The molecule has 1 aliphatic rings. The Labute approximate surface area is 115 Å². The fraction of sp³-hybridized carbons (Fsp3) is 0.857. The zero-order chi connectivity index (χ0) is 14.1. The van der Waals surface area contributed by atoms with Crippen LogP contribution < -0.4 is 10.8 Å². The molecule has 1 rings (SSSR count). The summed E-state index contributed by atoms with van der Waals surface area (Å²) in [5, 5.41) is 11.2. The van der Waals surface area contributed by atoms with Crippen LogP contribution in [0.4, 0.5) is 0 Å². The van der Waals surface area contributed by atoms with E-state index in [4.69, 9.17) is 5.21 Å². The molecule has 5 nitrogen and oxygen atoms in total. The number of hydrogen-bond acceptors (Lipinski definition) is 3. The fourth-order valence-corrected chi connectivity index (χ4v) is 2.78. The molecular formula is C14H26N2O3. The average Bonchev–Trinajstić information content (AvgIpc) is 2.44. The molecule has 0 aromatic rings. The first kappa shape index (κ1) is 16.0. The van der Waals surface area contributed by atoms with Gasteiger partial charge in [-0.3, -0.25) is 14.8 Å². The summed E-state index contributed by atoms with van der Waals surface area (Å²) in [4.78, 5) is 22.7. The highest BCUT2D eigenvalue weighted by Crippen LogP contribution is 2.31. The molecule has 5 heteroatoms. The number of rotatable bonds is 7. The Hall–Kier alpha value is -1.10. The third kappa shape index (κ3) is 6.05. The number of amides is 2. The van der Waals surface area contributed by atoms with E-state index in [-0.39, 0.29) is 18.2 Å². The summed E-state index contributed by atoms with van der Waals surface area (Å²) >= 11 is 0. The van der Waals surface area contributed by atoms with Gasteiger partial charge in [0.15, 0.2) is 0 Å². The summed E-state index contributed by atoms with van der Waals surface area (Å²) in [6.07, 6.45) is 7.63. The van der Waals surface area contributed by atoms with Crippen LogP contribution in [0.3, 0.4) is 0 Å². The van der Waals surface area contributed by atoms with E-state index in [1.807, 2.05) is 0 Å². The standard InChI is InChI=1S/C14H26N2O3/c1-2-4-11-6-8-12(9-7-11)14(18)15-10-3-5-13(17)16-19/h11-12,19H,2-10H2,1H3,(H,15,18)(H,16,17)/t11-,12-. The summed E-state index contributed by atoms with van der Waals surface area (Å²) in [7, 11) is 0. The Morgan fingerprint density at radius 1 is 1.21 bits per heavy atom. The minimum Gasteiger partial charge on any atom is -0.356 e. The van der Waals surface area contributed by atoms with Crippen LogP contribution in [-0.2, 0) is 9.59 Å². The molecule has 1 fully saturated rings. The smallest absolute Gasteiger partial charge is 0.243 e. The lowest BCUT2D eigenvalue weighted by atomic mass is 9.80. The van der Waals surface area contributed by atoms with E-state index < -0.39 is 5.91 Å². The van der Waals surface area contributed by atoms with Crippen molar-refractivity contribution in [2.45, 2.75) is 58.3 Å². The van der Waals surface area contributed by atoms with E-state index >= 15 is 0 Å². The zero-order valence-electron chi connectivity index (χ0n) is 11.8. The highest BCUT2D eigenvalue weighted by atomic mass is 16.5. The predicted molar refractivity (Wildman–Crippen MR) is 72.5 cm³/mol. The third-order valence-electron chi connectivity index (χ3n) is 3.92. The highest BCUT2D eigenvalue weighted by molar-refractivity contribution is 5.78. The quantitative estimate of drug-likeness (QED) is 0.376. The minimum absolute atomic E-state index is 0.124. The van der Waals surface area contributed by atoms with Gasteiger partial charge in [-0.2, -0.15) is 0 Å². The molecule has 0 aromatic heterocycles. The topological polar surface area (TPSA) is 78.4 Å². The Balaban J connectivity index is 2.12. The fourth-order valence-electron chi connectivity index (χ4n) is 2.78. The van der Waals surface area contributed by atoms with Gasteiger partial charge < -0.3 is 5.32 Å². The van der Waals surface area contributed by atoms with Crippen LogP contribution in [0.2, 0.25) is 0 Å². The van der Waals surface area contributed by atoms with Crippen molar-refractivity contribution < 1.29 is 14.8 Å². The SMILES string of the molecule is CCC[C@H]1CC[C@H](C(=O)NCCCC(=O)NO)CC1. The van der Waals surface area contributed by atoms with E-state index in [1.54, 1.807) is 5.48 Å². The second-order valence-electron chi connectivity index (χ2n) is 5.44. The second-order valence-corrected chi connectivity index (χ2v) is 5.44. The molecule has 0 atom stereocenters. The summed E-state index contributed by atoms with van der Waals surface area (Å²) in [6.45, 7) is 2.71. The lowest BCUT2D eigenvalue weighted by Crippen LogP contribution is -2.34. The lowest BCUT2D eigenvalue weighted by molar-refractivity contribution is -0.130. The predicted octanol–water partition coefficient (Wildman–Crippen LogP) is 1.99. The Kier molecular flexibility index (Phi) is 7.48. The van der Waals surface area contributed by atoms with Crippen molar-refractivity contribution in [3.63, 3.8) is 0 Å². The van der Waals surface area contributed by atoms with Gasteiger partial charge in [-0.15, -0.1) is 0 Å². The van der Waals surface area contributed by atoms with Gasteiger partial charge in [0, 0.05) is 18.9 Å². The molecule has 0 aromatic carbocycles. The van der Waals surface area contributed by atoms with Gasteiger partial charge in [0.2, 0.25) is 11.8 Å². The van der Waals surface area contributed by atoms with Gasteiger partial charge in [-0.05, 0) is 38.0 Å². The van der Waals surface area contributed by atoms with Crippen molar-refractivity contribution in [1.29, 1.82) is 0 Å². The maximum Gasteiger partial charge on any atom is 0.243 e. The third-order valence-corrected chi connectivity index (χ3v) is 3.92. The number of carbonyl (C=O) groups is 2. The maximum atomic E-state index is 11.9. The summed E-state index contributed by atoms with van der Waals surface area (Å²) in [5.74, 6) is 0.677. The van der Waals surface area contributed by atoms with Gasteiger partial charge in [0.1, 0.15) is 0 Å². The van der Waals surface area contributed by atoms with Gasteiger partial charge in [-0.25, -0.2) is 5.48 Å². The monoisotopic (exact) mass is 270 g/mol. The van der Waals surface area contributed by atoms with Crippen molar-refractivity contribution in [2.24, 2.45) is 11.8 Å². The van der Waals surface area contributed by atoms with E-state index in [1.165, 1.54) is 25.7 Å². The maximum absolute atomic E-state index is 11.9. The van der Waals surface area contributed by atoms with Crippen LogP contribution >= 0.6 is 0 Å². The highest BCUT2D eigenvalue weighted by Gasteiger charge is 2.25.